The second kappa shape index (κ2) is 4.24. The summed E-state index contributed by atoms with van der Waals surface area (Å²) in [7, 11) is 0. The van der Waals surface area contributed by atoms with Crippen LogP contribution in [0.25, 0.3) is 0 Å². The summed E-state index contributed by atoms with van der Waals surface area (Å²) < 4.78 is 5.62. The Morgan fingerprint density at radius 1 is 1.38 bits per heavy atom. The third kappa shape index (κ3) is 1.70. The summed E-state index contributed by atoms with van der Waals surface area (Å²) >= 11 is 0. The monoisotopic (exact) mass is 222 g/mol. The van der Waals surface area contributed by atoms with Crippen LogP contribution >= 0.6 is 0 Å². The van der Waals surface area contributed by atoms with Crippen molar-refractivity contribution in [2.45, 2.75) is 39.0 Å². The van der Waals surface area contributed by atoms with Gasteiger partial charge in [-0.1, -0.05) is 20.3 Å². The zero-order valence-corrected chi connectivity index (χ0v) is 9.79. The molecule has 3 nitrogen and oxygen atoms in total. The fraction of sp³-hybridized carbons (Fsp3) is 0.538. The molecule has 0 spiro atoms. The van der Waals surface area contributed by atoms with Crippen molar-refractivity contribution in [3.8, 4) is 17.2 Å². The predicted molar refractivity (Wildman–Crippen MR) is 62.3 cm³/mol. The Bertz CT molecular complexity index is 399. The first kappa shape index (κ1) is 11.1. The van der Waals surface area contributed by atoms with Gasteiger partial charge in [-0.3, -0.25) is 0 Å². The summed E-state index contributed by atoms with van der Waals surface area (Å²) in [6.45, 7) is 4.80. The van der Waals surface area contributed by atoms with Gasteiger partial charge in [0.1, 0.15) is 17.2 Å². The summed E-state index contributed by atoms with van der Waals surface area (Å²) in [6.07, 6.45) is 2.64. The molecule has 0 amide bonds. The minimum Gasteiger partial charge on any atom is -0.507 e. The van der Waals surface area contributed by atoms with E-state index < -0.39 is 0 Å². The molecule has 0 radical (unpaired) electrons. The van der Waals surface area contributed by atoms with Crippen molar-refractivity contribution in [2.24, 2.45) is 0 Å². The molecule has 0 aliphatic carbocycles. The van der Waals surface area contributed by atoms with E-state index in [9.17, 15) is 10.2 Å². The van der Waals surface area contributed by atoms with Crippen LogP contribution in [-0.2, 0) is 6.42 Å². The molecule has 1 aromatic rings. The SMILES string of the molecule is CCCc1c(O)cc(O)c2c1OCCC2C. The predicted octanol–water partition coefficient (Wildman–Crippen LogP) is 2.94. The summed E-state index contributed by atoms with van der Waals surface area (Å²) in [4.78, 5) is 0. The lowest BCUT2D eigenvalue weighted by atomic mass is 9.90. The smallest absolute Gasteiger partial charge is 0.133 e. The van der Waals surface area contributed by atoms with Crippen molar-refractivity contribution < 1.29 is 14.9 Å². The summed E-state index contributed by atoms with van der Waals surface area (Å²) in [6, 6.07) is 1.44. The lowest BCUT2D eigenvalue weighted by Gasteiger charge is -2.26. The molecule has 16 heavy (non-hydrogen) atoms. The van der Waals surface area contributed by atoms with Gasteiger partial charge in [-0.15, -0.1) is 0 Å². The van der Waals surface area contributed by atoms with Crippen molar-refractivity contribution in [2.75, 3.05) is 6.61 Å². The van der Waals surface area contributed by atoms with Gasteiger partial charge in [0.15, 0.2) is 0 Å². The fourth-order valence-corrected chi connectivity index (χ4v) is 2.30. The number of fused-ring (bicyclic) bond motifs is 1. The van der Waals surface area contributed by atoms with Crippen LogP contribution in [0.4, 0.5) is 0 Å². The Kier molecular flexibility index (Phi) is 2.95. The number of rotatable bonds is 2. The first-order valence-electron chi connectivity index (χ1n) is 5.85. The highest BCUT2D eigenvalue weighted by Crippen LogP contribution is 2.45. The van der Waals surface area contributed by atoms with Gasteiger partial charge in [0.05, 0.1) is 6.61 Å². The van der Waals surface area contributed by atoms with Gasteiger partial charge in [0.2, 0.25) is 0 Å². The molecule has 2 N–H and O–H groups in total. The number of phenolic OH excluding ortho intramolecular Hbond substituents is 2. The normalized spacial score (nSPS) is 19.0. The van der Waals surface area contributed by atoms with Gasteiger partial charge >= 0.3 is 0 Å². The molecule has 2 rings (SSSR count). The molecule has 1 aliphatic rings. The van der Waals surface area contributed by atoms with Crippen LogP contribution in [0.15, 0.2) is 6.07 Å². The average Bonchev–Trinajstić information content (AvgIpc) is 2.23. The van der Waals surface area contributed by atoms with Gasteiger partial charge in [0.25, 0.3) is 0 Å². The zero-order valence-electron chi connectivity index (χ0n) is 9.79. The van der Waals surface area contributed by atoms with Gasteiger partial charge < -0.3 is 14.9 Å². The molecular weight excluding hydrogens is 204 g/mol. The molecule has 1 heterocycles. The van der Waals surface area contributed by atoms with Crippen molar-refractivity contribution in [3.05, 3.63) is 17.2 Å². The van der Waals surface area contributed by atoms with Crippen LogP contribution in [0, 0.1) is 0 Å². The molecule has 1 atom stereocenters. The third-order valence-corrected chi connectivity index (χ3v) is 3.17. The van der Waals surface area contributed by atoms with E-state index in [1.54, 1.807) is 0 Å². The third-order valence-electron chi connectivity index (χ3n) is 3.17. The molecule has 0 bridgehead atoms. The highest BCUT2D eigenvalue weighted by atomic mass is 16.5. The largest absolute Gasteiger partial charge is 0.507 e. The van der Waals surface area contributed by atoms with E-state index in [1.165, 1.54) is 6.07 Å². The topological polar surface area (TPSA) is 49.7 Å². The van der Waals surface area contributed by atoms with Crippen LogP contribution in [0.5, 0.6) is 17.2 Å². The number of phenols is 2. The second-order valence-corrected chi connectivity index (χ2v) is 4.42. The molecular formula is C13H18O3. The van der Waals surface area contributed by atoms with E-state index in [0.717, 1.165) is 30.4 Å². The van der Waals surface area contributed by atoms with E-state index in [2.05, 4.69) is 13.8 Å². The molecule has 0 fully saturated rings. The minimum atomic E-state index is 0.146. The Morgan fingerprint density at radius 2 is 2.12 bits per heavy atom. The van der Waals surface area contributed by atoms with Gasteiger partial charge in [-0.2, -0.15) is 0 Å². The van der Waals surface area contributed by atoms with Crippen LogP contribution in [-0.4, -0.2) is 16.8 Å². The van der Waals surface area contributed by atoms with Crippen molar-refractivity contribution >= 4 is 0 Å². The second-order valence-electron chi connectivity index (χ2n) is 4.42. The van der Waals surface area contributed by atoms with E-state index in [1.807, 2.05) is 0 Å². The van der Waals surface area contributed by atoms with Crippen molar-refractivity contribution in [1.29, 1.82) is 0 Å². The molecule has 0 aromatic heterocycles. The zero-order chi connectivity index (χ0) is 11.7. The Labute approximate surface area is 95.7 Å². The average molecular weight is 222 g/mol. The molecule has 0 saturated carbocycles. The number of ether oxygens (including phenoxy) is 1. The molecule has 3 heteroatoms. The molecule has 0 saturated heterocycles. The summed E-state index contributed by atoms with van der Waals surface area (Å²) in [5, 5.41) is 19.7. The van der Waals surface area contributed by atoms with Gasteiger partial charge in [-0.25, -0.2) is 0 Å². The lowest BCUT2D eigenvalue weighted by molar-refractivity contribution is 0.261. The van der Waals surface area contributed by atoms with Crippen LogP contribution in [0.1, 0.15) is 43.7 Å². The number of benzene rings is 1. The highest BCUT2D eigenvalue weighted by molar-refractivity contribution is 5.58. The first-order chi connectivity index (χ1) is 7.65. The minimum absolute atomic E-state index is 0.146. The van der Waals surface area contributed by atoms with E-state index >= 15 is 0 Å². The fourth-order valence-electron chi connectivity index (χ4n) is 2.30. The maximum atomic E-state index is 9.86. The van der Waals surface area contributed by atoms with Crippen LogP contribution in [0.2, 0.25) is 0 Å². The number of hydrogen-bond donors (Lipinski definition) is 2. The molecule has 1 aliphatic heterocycles. The van der Waals surface area contributed by atoms with Gasteiger partial charge in [-0.05, 0) is 18.8 Å². The van der Waals surface area contributed by atoms with Crippen LogP contribution < -0.4 is 4.74 Å². The van der Waals surface area contributed by atoms with E-state index in [4.69, 9.17) is 4.74 Å². The Hall–Kier alpha value is -1.38. The molecule has 1 unspecified atom stereocenters. The van der Waals surface area contributed by atoms with E-state index in [0.29, 0.717) is 18.3 Å². The lowest BCUT2D eigenvalue weighted by Crippen LogP contribution is -2.14. The molecule has 1 aromatic carbocycles. The van der Waals surface area contributed by atoms with Gasteiger partial charge in [0, 0.05) is 17.2 Å². The number of hydrogen-bond acceptors (Lipinski definition) is 3. The summed E-state index contributed by atoms with van der Waals surface area (Å²) in [5.74, 6) is 1.30. The quantitative estimate of drug-likeness (QED) is 0.808. The maximum Gasteiger partial charge on any atom is 0.133 e. The highest BCUT2D eigenvalue weighted by Gasteiger charge is 2.26. The Balaban J connectivity index is 2.58. The van der Waals surface area contributed by atoms with Crippen molar-refractivity contribution in [1.82, 2.24) is 0 Å². The maximum absolute atomic E-state index is 9.86. The van der Waals surface area contributed by atoms with E-state index in [-0.39, 0.29) is 11.5 Å². The van der Waals surface area contributed by atoms with Crippen molar-refractivity contribution in [3.63, 3.8) is 0 Å². The molecule has 88 valence electrons. The standard InChI is InChI=1S/C13H18O3/c1-3-4-9-10(14)7-11(15)12-8(2)5-6-16-13(9)12/h7-8,14-15H,3-6H2,1-2H3. The Morgan fingerprint density at radius 3 is 2.81 bits per heavy atom. The first-order valence-corrected chi connectivity index (χ1v) is 5.85. The van der Waals surface area contributed by atoms with Crippen LogP contribution in [0.3, 0.4) is 0 Å². The number of aromatic hydroxyl groups is 2. The summed E-state index contributed by atoms with van der Waals surface area (Å²) in [5.41, 5.74) is 1.69.